The van der Waals surface area contributed by atoms with Crippen LogP contribution in [0.4, 0.5) is 10.1 Å². The predicted octanol–water partition coefficient (Wildman–Crippen LogP) is 3.62. The molecule has 2 heterocycles. The molecule has 0 unspecified atom stereocenters. The standard InChI is InChI=1S/C21H22FN5O/c1-25(2)13-11-18(28)20-19(15-7-9-16(22)10-8-15)24-21-17(23-14-26(3)4)6-5-12-27(20)21/h5-14H,1-4H3/b13-11+,23-14?. The van der Waals surface area contributed by atoms with Crippen LogP contribution in [0.2, 0.25) is 0 Å². The van der Waals surface area contributed by atoms with Crippen LogP contribution in [0.5, 0.6) is 0 Å². The third kappa shape index (κ3) is 4.09. The number of aliphatic imine (C=N–C) groups is 1. The highest BCUT2D eigenvalue weighted by atomic mass is 19.1. The fraction of sp³-hybridized carbons (Fsp3) is 0.190. The summed E-state index contributed by atoms with van der Waals surface area (Å²) in [7, 11) is 7.43. The maximum Gasteiger partial charge on any atom is 0.206 e. The van der Waals surface area contributed by atoms with Gasteiger partial charge in [0.25, 0.3) is 0 Å². The Hall–Kier alpha value is -3.48. The lowest BCUT2D eigenvalue weighted by Crippen LogP contribution is -2.07. The van der Waals surface area contributed by atoms with Crippen molar-refractivity contribution in [2.75, 3.05) is 28.2 Å². The number of fused-ring (bicyclic) bond motifs is 1. The summed E-state index contributed by atoms with van der Waals surface area (Å²) in [5.74, 6) is -0.543. The summed E-state index contributed by atoms with van der Waals surface area (Å²) in [6.07, 6.45) is 6.63. The normalized spacial score (nSPS) is 11.6. The Morgan fingerprint density at radius 1 is 1.11 bits per heavy atom. The Labute approximate surface area is 163 Å². The smallest absolute Gasteiger partial charge is 0.206 e. The van der Waals surface area contributed by atoms with Gasteiger partial charge in [-0.1, -0.05) is 0 Å². The van der Waals surface area contributed by atoms with E-state index in [0.29, 0.717) is 28.3 Å². The van der Waals surface area contributed by atoms with Gasteiger partial charge >= 0.3 is 0 Å². The van der Waals surface area contributed by atoms with Crippen molar-refractivity contribution in [3.63, 3.8) is 0 Å². The summed E-state index contributed by atoms with van der Waals surface area (Å²) in [6.45, 7) is 0. The Kier molecular flexibility index (Phi) is 5.54. The summed E-state index contributed by atoms with van der Waals surface area (Å²) in [5.41, 5.74) is 2.74. The van der Waals surface area contributed by atoms with Crippen LogP contribution in [0.25, 0.3) is 16.9 Å². The van der Waals surface area contributed by atoms with Crippen molar-refractivity contribution in [2.24, 2.45) is 4.99 Å². The van der Waals surface area contributed by atoms with E-state index in [1.165, 1.54) is 18.2 Å². The van der Waals surface area contributed by atoms with Crippen molar-refractivity contribution in [3.8, 4) is 11.3 Å². The van der Waals surface area contributed by atoms with Gasteiger partial charge in [-0.2, -0.15) is 0 Å². The van der Waals surface area contributed by atoms with Crippen molar-refractivity contribution in [1.29, 1.82) is 0 Å². The first kappa shape index (κ1) is 19.3. The highest BCUT2D eigenvalue weighted by Gasteiger charge is 2.20. The van der Waals surface area contributed by atoms with Crippen LogP contribution in [0.3, 0.4) is 0 Å². The molecule has 0 amide bonds. The van der Waals surface area contributed by atoms with Gasteiger partial charge in [-0.25, -0.2) is 14.4 Å². The topological polar surface area (TPSA) is 53.2 Å². The summed E-state index contributed by atoms with van der Waals surface area (Å²) in [5, 5.41) is 0. The summed E-state index contributed by atoms with van der Waals surface area (Å²) < 4.78 is 15.1. The first-order valence-corrected chi connectivity index (χ1v) is 8.73. The van der Waals surface area contributed by atoms with Gasteiger partial charge in [0.2, 0.25) is 5.78 Å². The van der Waals surface area contributed by atoms with Crippen molar-refractivity contribution in [2.45, 2.75) is 0 Å². The number of carbonyl (C=O) groups is 1. The number of hydrogen-bond donors (Lipinski definition) is 0. The minimum atomic E-state index is -0.343. The molecular formula is C21H22FN5O. The number of aromatic nitrogens is 2. The molecule has 28 heavy (non-hydrogen) atoms. The van der Waals surface area contributed by atoms with Crippen LogP contribution in [-0.4, -0.2) is 59.5 Å². The number of halogens is 1. The molecule has 0 radical (unpaired) electrons. The molecular weight excluding hydrogens is 357 g/mol. The van der Waals surface area contributed by atoms with E-state index in [-0.39, 0.29) is 11.6 Å². The molecule has 0 fully saturated rings. The quantitative estimate of drug-likeness (QED) is 0.284. The molecule has 3 aromatic rings. The molecule has 0 bridgehead atoms. The van der Waals surface area contributed by atoms with Crippen LogP contribution >= 0.6 is 0 Å². The van der Waals surface area contributed by atoms with Crippen LogP contribution in [0, 0.1) is 5.82 Å². The van der Waals surface area contributed by atoms with Gasteiger partial charge in [0.05, 0.1) is 6.34 Å². The fourth-order valence-corrected chi connectivity index (χ4v) is 2.67. The second-order valence-electron chi connectivity index (χ2n) is 6.75. The van der Waals surface area contributed by atoms with Gasteiger partial charge in [-0.05, 0) is 36.4 Å². The number of rotatable bonds is 6. The van der Waals surface area contributed by atoms with Gasteiger partial charge < -0.3 is 9.80 Å². The molecule has 0 aliphatic heterocycles. The zero-order chi connectivity index (χ0) is 20.3. The molecule has 0 N–H and O–H groups in total. The van der Waals surface area contributed by atoms with Gasteiger partial charge in [-0.15, -0.1) is 0 Å². The van der Waals surface area contributed by atoms with E-state index in [0.717, 1.165) is 0 Å². The van der Waals surface area contributed by atoms with Gasteiger partial charge in [0, 0.05) is 52.2 Å². The van der Waals surface area contributed by atoms with Gasteiger partial charge in [-0.3, -0.25) is 9.20 Å². The lowest BCUT2D eigenvalue weighted by Gasteiger charge is -2.05. The van der Waals surface area contributed by atoms with Gasteiger partial charge in [0.15, 0.2) is 5.65 Å². The second-order valence-corrected chi connectivity index (χ2v) is 6.75. The molecule has 0 aliphatic carbocycles. The van der Waals surface area contributed by atoms with E-state index in [9.17, 15) is 9.18 Å². The third-order valence-corrected chi connectivity index (χ3v) is 3.93. The molecule has 0 saturated heterocycles. The van der Waals surface area contributed by atoms with E-state index in [1.54, 1.807) is 40.2 Å². The number of carbonyl (C=O) groups excluding carboxylic acids is 1. The minimum absolute atomic E-state index is 0.200. The first-order chi connectivity index (χ1) is 13.4. The first-order valence-electron chi connectivity index (χ1n) is 8.73. The Balaban J connectivity index is 2.24. The molecule has 0 atom stereocenters. The van der Waals surface area contributed by atoms with E-state index in [2.05, 4.69) is 9.98 Å². The van der Waals surface area contributed by atoms with Crippen molar-refractivity contribution < 1.29 is 9.18 Å². The number of nitrogens with zero attached hydrogens (tertiary/aromatic N) is 5. The lowest BCUT2D eigenvalue weighted by atomic mass is 10.1. The molecule has 7 heteroatoms. The van der Waals surface area contributed by atoms with Crippen LogP contribution in [-0.2, 0) is 0 Å². The summed E-state index contributed by atoms with van der Waals surface area (Å²) in [6, 6.07) is 9.60. The molecule has 2 aromatic heterocycles. The van der Waals surface area contributed by atoms with Crippen molar-refractivity contribution in [1.82, 2.24) is 19.2 Å². The minimum Gasteiger partial charge on any atom is -0.383 e. The molecule has 0 spiro atoms. The van der Waals surface area contributed by atoms with Crippen molar-refractivity contribution >= 4 is 23.5 Å². The van der Waals surface area contributed by atoms with E-state index >= 15 is 0 Å². The second kappa shape index (κ2) is 8.04. The number of allylic oxidation sites excluding steroid dienone is 1. The SMILES string of the molecule is CN(C)C=Nc1cccn2c(C(=O)/C=C/N(C)C)c(-c3ccc(F)cc3)nc12. The number of imidazole rings is 1. The van der Waals surface area contributed by atoms with Crippen LogP contribution in [0.15, 0.2) is 59.9 Å². The Morgan fingerprint density at radius 3 is 2.46 bits per heavy atom. The zero-order valence-corrected chi connectivity index (χ0v) is 16.3. The van der Waals surface area contributed by atoms with E-state index in [1.807, 2.05) is 45.2 Å². The monoisotopic (exact) mass is 379 g/mol. The average Bonchev–Trinajstić information content (AvgIpc) is 3.05. The molecule has 0 aliphatic rings. The molecule has 0 saturated carbocycles. The summed E-state index contributed by atoms with van der Waals surface area (Å²) in [4.78, 5) is 25.7. The van der Waals surface area contributed by atoms with Crippen molar-refractivity contribution in [3.05, 3.63) is 66.4 Å². The Morgan fingerprint density at radius 2 is 1.82 bits per heavy atom. The highest BCUT2D eigenvalue weighted by molar-refractivity contribution is 6.08. The highest BCUT2D eigenvalue weighted by Crippen LogP contribution is 2.29. The fourth-order valence-electron chi connectivity index (χ4n) is 2.67. The third-order valence-electron chi connectivity index (χ3n) is 3.93. The average molecular weight is 379 g/mol. The predicted molar refractivity (Wildman–Crippen MR) is 110 cm³/mol. The largest absolute Gasteiger partial charge is 0.383 e. The molecule has 1 aromatic carbocycles. The molecule has 144 valence electrons. The van der Waals surface area contributed by atoms with E-state index < -0.39 is 0 Å². The number of pyridine rings is 1. The van der Waals surface area contributed by atoms with Crippen LogP contribution in [0.1, 0.15) is 10.5 Å². The summed E-state index contributed by atoms with van der Waals surface area (Å²) >= 11 is 0. The number of ketones is 1. The van der Waals surface area contributed by atoms with E-state index in [4.69, 9.17) is 0 Å². The Bertz CT molecular complexity index is 1050. The maximum absolute atomic E-state index is 13.4. The maximum atomic E-state index is 13.4. The molecule has 6 nitrogen and oxygen atoms in total. The number of benzene rings is 1. The van der Waals surface area contributed by atoms with Crippen LogP contribution < -0.4 is 0 Å². The zero-order valence-electron chi connectivity index (χ0n) is 16.3. The number of hydrogen-bond acceptors (Lipinski definition) is 4. The lowest BCUT2D eigenvalue weighted by molar-refractivity contribution is 0.104. The van der Waals surface area contributed by atoms with Gasteiger partial charge in [0.1, 0.15) is 22.9 Å². The molecule has 3 rings (SSSR count).